The third kappa shape index (κ3) is 4.29. The maximum absolute atomic E-state index is 14.2. The lowest BCUT2D eigenvalue weighted by Crippen LogP contribution is -2.43. The van der Waals surface area contributed by atoms with Crippen molar-refractivity contribution >= 4 is 23.4 Å². The average molecular weight is 661 g/mol. The van der Waals surface area contributed by atoms with E-state index in [-0.39, 0.29) is 34.0 Å². The summed E-state index contributed by atoms with van der Waals surface area (Å²) < 4.78 is 14.2. The molecule has 4 aliphatic carbocycles. The fourth-order valence-corrected chi connectivity index (χ4v) is 8.20. The molecule has 2 amide bonds. The molecule has 1 aromatic carbocycles. The van der Waals surface area contributed by atoms with Crippen LogP contribution in [-0.2, 0) is 38.5 Å². The quantitative estimate of drug-likeness (QED) is 0.181. The number of aromatic amines is 2. The van der Waals surface area contributed by atoms with Crippen molar-refractivity contribution in [3.63, 3.8) is 0 Å². The minimum Gasteiger partial charge on any atom is -0.356 e. The van der Waals surface area contributed by atoms with Gasteiger partial charge in [-0.05, 0) is 97.4 Å². The fourth-order valence-electron chi connectivity index (χ4n) is 8.07. The molecule has 4 aromatic heterocycles. The van der Waals surface area contributed by atoms with Gasteiger partial charge < -0.3 is 20.6 Å². The molecule has 0 atom stereocenters. The van der Waals surface area contributed by atoms with Gasteiger partial charge in [-0.15, -0.1) is 0 Å². The first-order chi connectivity index (χ1) is 23.3. The summed E-state index contributed by atoms with van der Waals surface area (Å²) in [6.45, 7) is 0. The standard InChI is InChI=1S/C21H17FN4O.C15H13ClN4O/c22-14-4-2-1-3-12(14)19-23-10-11-5-6-13-16-15(24-18(13)17(11)25-19)9-21(7-8-21)26-20(16)27;16-14-17-6-7-1-2-8-10-9(18-12(8)11(7)19-14)5-15(3-4-15)20-13(10)21/h1-4,10,24H,5-9H2,(H,26,27);6,18H,1-5H2,(H,20,21). The van der Waals surface area contributed by atoms with E-state index in [0.29, 0.717) is 11.4 Å². The van der Waals surface area contributed by atoms with Crippen LogP contribution in [0.15, 0.2) is 36.7 Å². The van der Waals surface area contributed by atoms with Crippen molar-refractivity contribution in [2.75, 3.05) is 0 Å². The molecule has 11 rings (SSSR count). The Kier molecular flexibility index (Phi) is 5.76. The van der Waals surface area contributed by atoms with E-state index in [4.69, 9.17) is 16.6 Å². The highest BCUT2D eigenvalue weighted by Crippen LogP contribution is 2.46. The average Bonchev–Trinajstić information content (AvgIpc) is 3.91. The number of rotatable bonds is 1. The first-order valence-electron chi connectivity index (χ1n) is 16.5. The Balaban J connectivity index is 0.000000127. The second-order valence-electron chi connectivity index (χ2n) is 14.0. The molecule has 2 spiro atoms. The summed E-state index contributed by atoms with van der Waals surface area (Å²) in [5, 5.41) is 6.61. The van der Waals surface area contributed by atoms with Crippen molar-refractivity contribution < 1.29 is 14.0 Å². The van der Waals surface area contributed by atoms with Crippen LogP contribution in [0.5, 0.6) is 0 Å². The van der Waals surface area contributed by atoms with Crippen LogP contribution in [0.25, 0.3) is 34.2 Å². The Hall–Kier alpha value is -4.90. The van der Waals surface area contributed by atoms with E-state index in [1.54, 1.807) is 30.6 Å². The number of halogens is 2. The zero-order valence-electron chi connectivity index (χ0n) is 25.9. The highest BCUT2D eigenvalue weighted by molar-refractivity contribution is 6.28. The van der Waals surface area contributed by atoms with Crippen molar-refractivity contribution in [1.29, 1.82) is 0 Å². The first kappa shape index (κ1) is 28.1. The van der Waals surface area contributed by atoms with Gasteiger partial charge in [0.2, 0.25) is 5.28 Å². The number of benzene rings is 1. The number of nitrogens with one attached hydrogen (secondary N) is 4. The summed E-state index contributed by atoms with van der Waals surface area (Å²) in [6, 6.07) is 6.53. The molecule has 2 fully saturated rings. The van der Waals surface area contributed by atoms with Crippen molar-refractivity contribution in [2.45, 2.75) is 75.3 Å². The van der Waals surface area contributed by atoms with Crippen molar-refractivity contribution in [3.8, 4) is 34.2 Å². The Morgan fingerprint density at radius 1 is 0.708 bits per heavy atom. The monoisotopic (exact) mass is 660 g/mol. The number of H-pyrrole nitrogens is 2. The predicted molar refractivity (Wildman–Crippen MR) is 175 cm³/mol. The first-order valence-corrected chi connectivity index (χ1v) is 16.9. The molecule has 2 saturated carbocycles. The Morgan fingerprint density at radius 2 is 1.25 bits per heavy atom. The van der Waals surface area contributed by atoms with E-state index < -0.39 is 0 Å². The van der Waals surface area contributed by atoms with Gasteiger partial charge >= 0.3 is 0 Å². The van der Waals surface area contributed by atoms with Gasteiger partial charge in [-0.25, -0.2) is 24.3 Å². The summed E-state index contributed by atoms with van der Waals surface area (Å²) in [5.74, 6) is 0.123. The van der Waals surface area contributed by atoms with E-state index in [1.165, 1.54) is 6.07 Å². The molecular formula is C36H30ClFN8O2. The second kappa shape index (κ2) is 9.82. The highest BCUT2D eigenvalue weighted by atomic mass is 35.5. The normalized spacial score (nSPS) is 19.4. The fraction of sp³-hybridized carbons (Fsp3) is 0.333. The number of aromatic nitrogens is 6. The molecule has 0 bridgehead atoms. The molecule has 6 aliphatic rings. The van der Waals surface area contributed by atoms with Gasteiger partial charge in [0.25, 0.3) is 11.8 Å². The van der Waals surface area contributed by atoms with Crippen molar-refractivity contribution in [2.24, 2.45) is 0 Å². The summed E-state index contributed by atoms with van der Waals surface area (Å²) >= 11 is 5.94. The lowest BCUT2D eigenvalue weighted by molar-refractivity contribution is 0.0908. The smallest absolute Gasteiger partial charge is 0.253 e. The lowest BCUT2D eigenvalue weighted by atomic mass is 9.89. The number of hydrogen-bond acceptors (Lipinski definition) is 6. The molecule has 6 heterocycles. The van der Waals surface area contributed by atoms with Gasteiger partial charge in [-0.1, -0.05) is 12.1 Å². The molecule has 4 N–H and O–H groups in total. The zero-order valence-corrected chi connectivity index (χ0v) is 26.7. The molecule has 0 radical (unpaired) electrons. The maximum atomic E-state index is 14.2. The zero-order chi connectivity index (χ0) is 32.4. The minimum atomic E-state index is -0.339. The Labute approximate surface area is 279 Å². The second-order valence-corrected chi connectivity index (χ2v) is 14.4. The Bertz CT molecular complexity index is 2250. The topological polar surface area (TPSA) is 141 Å². The van der Waals surface area contributed by atoms with E-state index in [2.05, 4.69) is 35.6 Å². The van der Waals surface area contributed by atoms with Crippen LogP contribution in [0.2, 0.25) is 5.28 Å². The number of fused-ring (bicyclic) bond motifs is 10. The highest BCUT2D eigenvalue weighted by Gasteiger charge is 2.50. The summed E-state index contributed by atoms with van der Waals surface area (Å²) in [7, 11) is 0. The van der Waals surface area contributed by atoms with Crippen LogP contribution < -0.4 is 10.6 Å². The van der Waals surface area contributed by atoms with Gasteiger partial charge in [0, 0.05) is 47.7 Å². The number of amides is 2. The maximum Gasteiger partial charge on any atom is 0.253 e. The third-order valence-corrected chi connectivity index (χ3v) is 11.1. The van der Waals surface area contributed by atoms with E-state index in [0.717, 1.165) is 132 Å². The summed E-state index contributed by atoms with van der Waals surface area (Å²) in [5.41, 5.74) is 11.8. The largest absolute Gasteiger partial charge is 0.356 e. The van der Waals surface area contributed by atoms with Crippen LogP contribution in [0, 0.1) is 5.82 Å². The van der Waals surface area contributed by atoms with E-state index in [1.807, 2.05) is 0 Å². The number of hydrogen-bond donors (Lipinski definition) is 4. The van der Waals surface area contributed by atoms with Crippen LogP contribution in [0.4, 0.5) is 4.39 Å². The summed E-state index contributed by atoms with van der Waals surface area (Å²) in [6.07, 6.45) is 12.8. The minimum absolute atomic E-state index is 0.0175. The predicted octanol–water partition coefficient (Wildman–Crippen LogP) is 5.24. The molecule has 0 unspecified atom stereocenters. The third-order valence-electron chi connectivity index (χ3n) is 10.9. The SMILES string of the molecule is O=C1NC2(CC2)Cc2[nH]c3c(c21)CCc1cnc(-c2ccccc2F)nc1-3.O=C1NC2(CC2)Cc2[nH]c3c(c21)CCc1cnc(Cl)nc1-3. The number of carbonyl (C=O) groups excluding carboxylic acids is 2. The van der Waals surface area contributed by atoms with E-state index in [9.17, 15) is 14.0 Å². The molecule has 5 aromatic rings. The van der Waals surface area contributed by atoms with Crippen molar-refractivity contribution in [3.05, 3.63) is 92.5 Å². The lowest BCUT2D eigenvalue weighted by Gasteiger charge is -2.23. The number of nitrogens with zero attached hydrogens (tertiary/aromatic N) is 4. The van der Waals surface area contributed by atoms with Gasteiger partial charge in [-0.2, -0.15) is 0 Å². The Morgan fingerprint density at radius 3 is 1.81 bits per heavy atom. The summed E-state index contributed by atoms with van der Waals surface area (Å²) in [4.78, 5) is 49.6. The van der Waals surface area contributed by atoms with Crippen LogP contribution in [-0.4, -0.2) is 52.8 Å². The van der Waals surface area contributed by atoms with Crippen LogP contribution in [0.1, 0.15) is 80.0 Å². The van der Waals surface area contributed by atoms with Gasteiger partial charge in [0.1, 0.15) is 5.82 Å². The van der Waals surface area contributed by atoms with E-state index >= 15 is 0 Å². The van der Waals surface area contributed by atoms with Crippen molar-refractivity contribution in [1.82, 2.24) is 40.5 Å². The number of aryl methyl sites for hydroxylation is 2. The molecule has 0 saturated heterocycles. The van der Waals surface area contributed by atoms with Gasteiger partial charge in [-0.3, -0.25) is 9.59 Å². The number of carbonyl (C=O) groups is 2. The van der Waals surface area contributed by atoms with Gasteiger partial charge in [0.15, 0.2) is 5.82 Å². The van der Waals surface area contributed by atoms with Crippen LogP contribution >= 0.6 is 11.6 Å². The molecular weight excluding hydrogens is 631 g/mol. The van der Waals surface area contributed by atoms with Crippen LogP contribution in [0.3, 0.4) is 0 Å². The molecule has 10 nitrogen and oxygen atoms in total. The van der Waals surface area contributed by atoms with Gasteiger partial charge in [0.05, 0.1) is 39.5 Å². The molecule has 240 valence electrons. The molecule has 2 aliphatic heterocycles. The molecule has 48 heavy (non-hydrogen) atoms. The molecule has 12 heteroatoms.